The minimum Gasteiger partial charge on any atom is -0.460 e. The van der Waals surface area contributed by atoms with Crippen molar-refractivity contribution in [1.29, 1.82) is 0 Å². The van der Waals surface area contributed by atoms with Crippen LogP contribution in [0.4, 0.5) is 5.82 Å². The summed E-state index contributed by atoms with van der Waals surface area (Å²) in [7, 11) is 0. The number of nitrogens with two attached hydrogens (primary N) is 1. The van der Waals surface area contributed by atoms with Crippen LogP contribution < -0.4 is 10.6 Å². The molecule has 2 bridgehead atoms. The number of aromatic nitrogens is 4. The lowest BCUT2D eigenvalue weighted by Gasteiger charge is -2.62. The van der Waals surface area contributed by atoms with Crippen molar-refractivity contribution in [3.8, 4) is 0 Å². The first-order valence-corrected chi connectivity index (χ1v) is 19.8. The molecule has 9 atom stereocenters. The van der Waals surface area contributed by atoms with E-state index in [1.807, 2.05) is 9.47 Å². The third-order valence-corrected chi connectivity index (χ3v) is 14.7. The van der Waals surface area contributed by atoms with Gasteiger partial charge in [-0.2, -0.15) is 0 Å². The molecule has 4 heterocycles. The first kappa shape index (κ1) is 39.8. The number of aryl methyl sites for hydroxylation is 1. The molecule has 53 heavy (non-hydrogen) atoms. The van der Waals surface area contributed by atoms with E-state index in [0.717, 1.165) is 56.5 Å². The van der Waals surface area contributed by atoms with E-state index in [1.165, 1.54) is 0 Å². The summed E-state index contributed by atoms with van der Waals surface area (Å²) >= 11 is 0. The molecule has 3 N–H and O–H groups in total. The lowest BCUT2D eigenvalue weighted by atomic mass is 9.43. The van der Waals surface area contributed by atoms with Gasteiger partial charge >= 0.3 is 5.97 Å². The molecule has 2 saturated heterocycles. The second-order valence-electron chi connectivity index (χ2n) is 17.3. The minimum atomic E-state index is -0.588. The average Bonchev–Trinajstić information content (AvgIpc) is 3.87. The van der Waals surface area contributed by atoms with E-state index in [-0.39, 0.29) is 66.0 Å². The number of rotatable bonds is 9. The number of halogens is 1. The summed E-state index contributed by atoms with van der Waals surface area (Å²) in [4.78, 5) is 58.0. The van der Waals surface area contributed by atoms with Crippen LogP contribution in [0.3, 0.4) is 0 Å². The summed E-state index contributed by atoms with van der Waals surface area (Å²) in [5, 5.41) is 11.8. The molecule has 7 rings (SSSR count). The summed E-state index contributed by atoms with van der Waals surface area (Å²) in [6.07, 6.45) is 9.01. The second-order valence-corrected chi connectivity index (χ2v) is 17.3. The molecule has 294 valence electrons. The van der Waals surface area contributed by atoms with Crippen molar-refractivity contribution in [2.24, 2.45) is 39.7 Å². The molecule has 2 aromatic heterocycles. The number of ether oxygens (including phenoxy) is 2. The van der Waals surface area contributed by atoms with Gasteiger partial charge in [0, 0.05) is 62.9 Å². The zero-order valence-corrected chi connectivity index (χ0v) is 33.0. The van der Waals surface area contributed by atoms with Gasteiger partial charge in [-0.1, -0.05) is 34.6 Å². The fourth-order valence-electron chi connectivity index (χ4n) is 11.0. The number of esters is 1. The lowest BCUT2D eigenvalue weighted by Crippen LogP contribution is -2.63. The number of anilines is 1. The quantitative estimate of drug-likeness (QED) is 0.350. The molecule has 14 heteroatoms. The van der Waals surface area contributed by atoms with Crippen LogP contribution >= 0.6 is 12.4 Å². The highest BCUT2D eigenvalue weighted by Crippen LogP contribution is 2.68. The molecule has 0 spiro atoms. The van der Waals surface area contributed by atoms with Gasteiger partial charge in [-0.25, -0.2) is 19.7 Å². The third-order valence-electron chi connectivity index (χ3n) is 14.7. The van der Waals surface area contributed by atoms with Gasteiger partial charge in [-0.3, -0.25) is 9.59 Å². The normalized spacial score (nSPS) is 36.2. The molecular weight excluding hydrogens is 698 g/mol. The van der Waals surface area contributed by atoms with Gasteiger partial charge in [0.05, 0.1) is 18.5 Å². The molecule has 5 fully saturated rings. The first-order chi connectivity index (χ1) is 24.8. The average molecular weight is 758 g/mol. The predicted octanol–water partition coefficient (Wildman–Crippen LogP) is 4.31. The van der Waals surface area contributed by atoms with Gasteiger partial charge in [-0.05, 0) is 74.0 Å². The van der Waals surface area contributed by atoms with E-state index in [1.54, 1.807) is 12.7 Å². The van der Waals surface area contributed by atoms with Crippen LogP contribution in [0.2, 0.25) is 0 Å². The molecule has 2 aliphatic heterocycles. The second kappa shape index (κ2) is 15.3. The standard InChI is InChI=1S/C39H59N7O6.ClH/c1-6-37(4)19-29(38(5)24(2)7-13-39(25(3)34(37)50)14-8-28(47)33(38)39)52-31(49)21-51-27-10-16-44(17-11-27)30(48)12-18-46-23-43-32-35(41-22-42-36(32)46)45-15-9-26(40)20-45;/h22-27,29,33-34,50H,6-21,40H2,1-5H3;1H/t24-,25+,26?,29-,33-,34+,37-,38+,39+;/m1./s1. The maximum atomic E-state index is 13.7. The van der Waals surface area contributed by atoms with Crippen LogP contribution in [0.1, 0.15) is 98.8 Å². The smallest absolute Gasteiger partial charge is 0.332 e. The Morgan fingerprint density at radius 1 is 1.06 bits per heavy atom. The van der Waals surface area contributed by atoms with Crippen molar-refractivity contribution in [2.75, 3.05) is 37.7 Å². The van der Waals surface area contributed by atoms with Crippen LogP contribution in [0.25, 0.3) is 11.2 Å². The summed E-state index contributed by atoms with van der Waals surface area (Å²) in [6.45, 7) is 13.7. The molecule has 1 unspecified atom stereocenters. The molecule has 2 aromatic rings. The van der Waals surface area contributed by atoms with Crippen molar-refractivity contribution < 1.29 is 29.0 Å². The van der Waals surface area contributed by atoms with Crippen molar-refractivity contribution in [1.82, 2.24) is 24.4 Å². The number of Topliss-reactive ketones (excluding diaryl/α,β-unsaturated/α-hetero) is 1. The van der Waals surface area contributed by atoms with Crippen molar-refractivity contribution in [3.05, 3.63) is 12.7 Å². The molecule has 0 radical (unpaired) electrons. The Hall–Kier alpha value is -2.87. The number of amides is 1. The Kier molecular flexibility index (Phi) is 11.5. The Balaban J connectivity index is 0.00000481. The zero-order chi connectivity index (χ0) is 37.0. The molecule has 3 aliphatic carbocycles. The van der Waals surface area contributed by atoms with Crippen molar-refractivity contribution in [2.45, 2.75) is 130 Å². The maximum Gasteiger partial charge on any atom is 0.332 e. The number of fused-ring (bicyclic) bond motifs is 1. The number of ketones is 1. The van der Waals surface area contributed by atoms with Crippen molar-refractivity contribution in [3.63, 3.8) is 0 Å². The Morgan fingerprint density at radius 3 is 2.51 bits per heavy atom. The molecular formula is C39H60ClN7O6. The minimum absolute atomic E-state index is 0. The van der Waals surface area contributed by atoms with Crippen LogP contribution in [0.5, 0.6) is 0 Å². The highest BCUT2D eigenvalue weighted by molar-refractivity contribution is 5.86. The van der Waals surface area contributed by atoms with E-state index in [4.69, 9.17) is 15.2 Å². The summed E-state index contributed by atoms with van der Waals surface area (Å²) in [5.74, 6) is 0.643. The monoisotopic (exact) mass is 757 g/mol. The lowest BCUT2D eigenvalue weighted by molar-refractivity contribution is -0.214. The fourth-order valence-corrected chi connectivity index (χ4v) is 11.0. The number of hydrogen-bond donors (Lipinski definition) is 2. The number of imidazole rings is 1. The molecule has 13 nitrogen and oxygen atoms in total. The molecule has 5 aliphatic rings. The number of aliphatic hydroxyl groups excluding tert-OH is 1. The number of nitrogens with zero attached hydrogens (tertiary/aromatic N) is 6. The number of hydrogen-bond acceptors (Lipinski definition) is 11. The fraction of sp³-hybridized carbons (Fsp3) is 0.795. The van der Waals surface area contributed by atoms with Gasteiger partial charge < -0.3 is 34.7 Å². The van der Waals surface area contributed by atoms with E-state index in [2.05, 4.69) is 54.5 Å². The van der Waals surface area contributed by atoms with Crippen LogP contribution in [-0.2, 0) is 30.4 Å². The van der Waals surface area contributed by atoms with E-state index in [9.17, 15) is 19.5 Å². The predicted molar refractivity (Wildman–Crippen MR) is 202 cm³/mol. The Labute approximate surface area is 319 Å². The topological polar surface area (TPSA) is 166 Å². The van der Waals surface area contributed by atoms with Crippen LogP contribution in [0.15, 0.2) is 12.7 Å². The van der Waals surface area contributed by atoms with Gasteiger partial charge in [0.15, 0.2) is 17.0 Å². The number of aliphatic hydroxyl groups is 1. The van der Waals surface area contributed by atoms with Gasteiger partial charge in [-0.15, -0.1) is 12.4 Å². The molecule has 0 aromatic carbocycles. The van der Waals surface area contributed by atoms with E-state index in [0.29, 0.717) is 57.4 Å². The van der Waals surface area contributed by atoms with Gasteiger partial charge in [0.1, 0.15) is 24.8 Å². The van der Waals surface area contributed by atoms with Gasteiger partial charge in [0.25, 0.3) is 0 Å². The van der Waals surface area contributed by atoms with E-state index >= 15 is 0 Å². The number of carbonyl (C=O) groups excluding carboxylic acids is 3. The van der Waals surface area contributed by atoms with E-state index < -0.39 is 29.0 Å². The summed E-state index contributed by atoms with van der Waals surface area (Å²) in [5.41, 5.74) is 6.31. The first-order valence-electron chi connectivity index (χ1n) is 19.8. The summed E-state index contributed by atoms with van der Waals surface area (Å²) < 4.78 is 14.4. The van der Waals surface area contributed by atoms with Gasteiger partial charge in [0.2, 0.25) is 5.91 Å². The Morgan fingerprint density at radius 2 is 1.81 bits per heavy atom. The largest absolute Gasteiger partial charge is 0.460 e. The number of piperidine rings is 1. The summed E-state index contributed by atoms with van der Waals surface area (Å²) in [6, 6.07) is 0.126. The SMILES string of the molecule is CC[C@]1(C)C[C@@H](OC(=O)COC2CCN(C(=O)CCn3cnc4c(N5CCC(N)C5)ncnc43)CC2)[C@]2(C)[C@H](C)CC[C@]3(CCC(=O)[C@@H]32)[C@@H](C)[C@@H]1O.Cl. The number of carbonyl (C=O) groups is 3. The maximum absolute atomic E-state index is 13.7. The van der Waals surface area contributed by atoms with Crippen molar-refractivity contribution >= 4 is 47.0 Å². The Bertz CT molecular complexity index is 1670. The highest BCUT2D eigenvalue weighted by atomic mass is 35.5. The highest BCUT2D eigenvalue weighted by Gasteiger charge is 2.68. The number of likely N-dealkylation sites (tertiary alicyclic amines) is 1. The molecule has 3 saturated carbocycles. The third kappa shape index (κ3) is 6.97. The molecule has 1 amide bonds. The van der Waals surface area contributed by atoms with Crippen LogP contribution in [0, 0.1) is 34.0 Å². The van der Waals surface area contributed by atoms with Crippen LogP contribution in [-0.4, -0.2) is 104 Å². The zero-order valence-electron chi connectivity index (χ0n) is 32.2.